The first-order chi connectivity index (χ1) is 33.1. The van der Waals surface area contributed by atoms with Crippen LogP contribution in [0.1, 0.15) is 62.1 Å². The van der Waals surface area contributed by atoms with Crippen LogP contribution in [-0.4, -0.2) is 145 Å². The molecule has 0 unspecified atom stereocenters. The van der Waals surface area contributed by atoms with Gasteiger partial charge in [0.05, 0.1) is 33.4 Å². The van der Waals surface area contributed by atoms with Gasteiger partial charge in [-0.3, -0.25) is 0 Å². The predicted molar refractivity (Wildman–Crippen MR) is 223 cm³/mol. The molecule has 0 saturated carbocycles. The van der Waals surface area contributed by atoms with Gasteiger partial charge in [0.15, 0.2) is 0 Å². The Hall–Kier alpha value is -10.3. The third-order valence-corrected chi connectivity index (χ3v) is 7.78. The second-order valence-corrected chi connectivity index (χ2v) is 12.9. The van der Waals surface area contributed by atoms with E-state index in [-0.39, 0.29) is 70.5 Å². The molecule has 30 nitrogen and oxygen atoms in total. The minimum absolute atomic E-state index is 0. The van der Waals surface area contributed by atoms with E-state index < -0.39 is 139 Å². The number of benzene rings is 6. The van der Waals surface area contributed by atoms with Crippen LogP contribution in [0.2, 0.25) is 0 Å². The van der Waals surface area contributed by atoms with Gasteiger partial charge in [-0.2, -0.15) is 0 Å². The first kappa shape index (κ1) is 65.8. The minimum Gasteiger partial charge on any atom is -0.867 e. The Bertz CT molecular complexity index is 2380. The minimum atomic E-state index is -1.32. The van der Waals surface area contributed by atoms with E-state index in [4.69, 9.17) is 91.9 Å². The molecular formula is C42H30GeO30Zn. The number of carbonyl (C=O) groups is 6. The average molecular weight is 1150 g/mol. The molecule has 0 radical (unpaired) electrons. The quantitative estimate of drug-likeness (QED) is 0.0874. The Morgan fingerprint density at radius 2 is 0.297 bits per heavy atom. The number of carboxylic acids is 6. The second kappa shape index (κ2) is 28.4. The Labute approximate surface area is 432 Å². The van der Waals surface area contributed by atoms with Crippen molar-refractivity contribution in [3.63, 3.8) is 0 Å². The third-order valence-electron chi connectivity index (χ3n) is 7.78. The standard InChI is InChI=1S/6C7H6O5.Ge.Zn/c6*8-4-1-3(7(11)12)2-5(9)6(4)10;;/h6*1-2,8-10H,(H,11,12);;/q;;;;;;+4;+2/p-6. The molecule has 6 aromatic rings. The van der Waals surface area contributed by atoms with E-state index in [1.54, 1.807) is 0 Å². The van der Waals surface area contributed by atoms with Gasteiger partial charge in [-0.15, -0.1) is 0 Å². The molecule has 0 amide bonds. The second-order valence-electron chi connectivity index (χ2n) is 12.9. The van der Waals surface area contributed by atoms with E-state index in [9.17, 15) is 59.4 Å². The van der Waals surface area contributed by atoms with Crippen molar-refractivity contribution in [2.75, 3.05) is 0 Å². The topological polar surface area (TPSA) is 605 Å². The number of hydrogen-bond acceptors (Lipinski definition) is 24. The van der Waals surface area contributed by atoms with Gasteiger partial charge in [-0.25, -0.2) is 28.8 Å². The summed E-state index contributed by atoms with van der Waals surface area (Å²) in [5.74, 6) is -23.0. The Balaban J connectivity index is 0. The molecule has 0 fully saturated rings. The van der Waals surface area contributed by atoms with Gasteiger partial charge in [-0.05, 0) is 107 Å². The smallest absolute Gasteiger partial charge is 0.867 e. The van der Waals surface area contributed by atoms with E-state index in [2.05, 4.69) is 0 Å². The molecule has 0 aromatic heterocycles. The van der Waals surface area contributed by atoms with Gasteiger partial charge in [0.1, 0.15) is 69.0 Å². The van der Waals surface area contributed by atoms with Gasteiger partial charge < -0.3 is 123 Å². The summed E-state index contributed by atoms with van der Waals surface area (Å²) in [7, 11) is 0. The number of carboxylic acid groups (broad SMARTS) is 6. The molecule has 74 heavy (non-hydrogen) atoms. The van der Waals surface area contributed by atoms with Gasteiger partial charge in [0, 0.05) is 0 Å². The molecule has 0 aliphatic heterocycles. The summed E-state index contributed by atoms with van der Waals surface area (Å²) >= 11 is 0. The average Bonchev–Trinajstić information content (AvgIpc) is 3.29. The summed E-state index contributed by atoms with van der Waals surface area (Å²) in [6.07, 6.45) is 0. The maximum absolute atomic E-state index is 10.7. The van der Waals surface area contributed by atoms with Crippen molar-refractivity contribution in [1.29, 1.82) is 0 Å². The summed E-state index contributed by atoms with van der Waals surface area (Å²) in [6.45, 7) is 0. The van der Waals surface area contributed by atoms with Crippen LogP contribution >= 0.6 is 0 Å². The fraction of sp³-hybridized carbons (Fsp3) is 0. The van der Waals surface area contributed by atoms with Gasteiger partial charge in [0.2, 0.25) is 0 Å². The van der Waals surface area contributed by atoms with Gasteiger partial charge >= 0.3 is 72.9 Å². The normalized spacial score (nSPS) is 9.41. The zero-order valence-corrected chi connectivity index (χ0v) is 41.1. The van der Waals surface area contributed by atoms with E-state index in [1.165, 1.54) is 0 Å². The molecule has 6 aromatic carbocycles. The van der Waals surface area contributed by atoms with Crippen molar-refractivity contribution in [2.45, 2.75) is 0 Å². The fourth-order valence-electron chi connectivity index (χ4n) is 4.33. The summed E-state index contributed by atoms with van der Waals surface area (Å²) in [5, 5.41) is 220. The van der Waals surface area contributed by atoms with Gasteiger partial charge in [0.25, 0.3) is 0 Å². The maximum atomic E-state index is 10.7. The van der Waals surface area contributed by atoms with E-state index >= 15 is 0 Å². The summed E-state index contributed by atoms with van der Waals surface area (Å²) in [4.78, 5) is 61.8. The molecule has 18 N–H and O–H groups in total. The molecule has 32 heteroatoms. The fourth-order valence-corrected chi connectivity index (χ4v) is 4.33. The van der Waals surface area contributed by atoms with Crippen molar-refractivity contribution < 1.29 is 171 Å². The molecule has 0 aliphatic rings. The SMILES string of the molecule is O=C(O)c1cc(O)c([O-])c(O)c1.O=C(O)c1cc(O)c([O-])c(O)c1.O=C(O)c1cc(O)c([O-])c(O)c1.O=C(O)c1cc(O)c([O-])c(O)c1.O=C(O)c1cc(O)c([O-])c(O)c1.O=C(O)c1cc(O)c([O-])c(O)c1.[Ge+4].[Zn+2]. The Kier molecular flexibility index (Phi) is 25.2. The van der Waals surface area contributed by atoms with Crippen LogP contribution in [0.15, 0.2) is 72.8 Å². The molecule has 0 spiro atoms. The molecule has 0 heterocycles. The number of phenolic OH excluding ortho intramolecular Hbond substituents is 12. The van der Waals surface area contributed by atoms with Crippen LogP contribution in [0, 0.1) is 0 Å². The van der Waals surface area contributed by atoms with E-state index in [0.29, 0.717) is 0 Å². The number of phenols is 12. The maximum Gasteiger partial charge on any atom is 4.00 e. The predicted octanol–water partition coefficient (Wildman–Crippen LogP) is -1.17. The van der Waals surface area contributed by atoms with Crippen LogP contribution in [0.5, 0.6) is 103 Å². The number of aromatic hydroxyl groups is 12. The zero-order valence-electron chi connectivity index (χ0n) is 36.1. The molecule has 0 saturated heterocycles. The molecule has 0 bridgehead atoms. The number of hydrogen-bond donors (Lipinski definition) is 18. The van der Waals surface area contributed by atoms with Crippen LogP contribution in [0.4, 0.5) is 0 Å². The summed E-state index contributed by atoms with van der Waals surface area (Å²) in [6, 6.07) is 9.39. The van der Waals surface area contributed by atoms with Crippen molar-refractivity contribution in [1.82, 2.24) is 0 Å². The monoisotopic (exact) mass is 1150 g/mol. The largest absolute Gasteiger partial charge is 4.00 e. The van der Waals surface area contributed by atoms with Crippen LogP contribution in [0.25, 0.3) is 0 Å². The first-order valence-corrected chi connectivity index (χ1v) is 17.9. The molecule has 384 valence electrons. The summed E-state index contributed by atoms with van der Waals surface area (Å²) in [5.41, 5.74) is -1.97. The third kappa shape index (κ3) is 18.9. The molecule has 0 atom stereocenters. The molecular weight excluding hydrogens is 1120 g/mol. The Morgan fingerprint density at radius 1 is 0.230 bits per heavy atom. The molecule has 6 rings (SSSR count). The van der Waals surface area contributed by atoms with Gasteiger partial charge in [-0.1, -0.05) is 0 Å². The number of aromatic carboxylic acids is 6. The first-order valence-electron chi connectivity index (χ1n) is 17.9. The van der Waals surface area contributed by atoms with Crippen molar-refractivity contribution in [3.8, 4) is 103 Å². The summed E-state index contributed by atoms with van der Waals surface area (Å²) < 4.78 is 0. The van der Waals surface area contributed by atoms with Crippen molar-refractivity contribution in [2.24, 2.45) is 0 Å². The zero-order chi connectivity index (χ0) is 55.8. The van der Waals surface area contributed by atoms with Crippen LogP contribution < -0.4 is 30.6 Å². The number of rotatable bonds is 6. The van der Waals surface area contributed by atoms with Crippen LogP contribution in [0.3, 0.4) is 0 Å². The van der Waals surface area contributed by atoms with Crippen molar-refractivity contribution >= 4 is 53.4 Å². The van der Waals surface area contributed by atoms with E-state index in [1.807, 2.05) is 0 Å². The van der Waals surface area contributed by atoms with Crippen molar-refractivity contribution in [3.05, 3.63) is 106 Å². The van der Waals surface area contributed by atoms with E-state index in [0.717, 1.165) is 72.8 Å². The Morgan fingerprint density at radius 3 is 0.351 bits per heavy atom. The molecule has 0 aliphatic carbocycles. The van der Waals surface area contributed by atoms with Crippen LogP contribution in [-0.2, 0) is 19.5 Å².